The number of nitro benzene ring substituents is 1. The van der Waals surface area contributed by atoms with E-state index >= 15 is 0 Å². The van der Waals surface area contributed by atoms with Gasteiger partial charge in [-0.15, -0.1) is 0 Å². The second-order valence-corrected chi connectivity index (χ2v) is 3.70. The molecule has 0 saturated heterocycles. The largest absolute Gasteiger partial charge is 0.478 e. The molecule has 0 bridgehead atoms. The topological polar surface area (TPSA) is 80.4 Å². The number of rotatable bonds is 4. The van der Waals surface area contributed by atoms with Gasteiger partial charge in [-0.2, -0.15) is 11.8 Å². The van der Waals surface area contributed by atoms with Crippen molar-refractivity contribution < 1.29 is 14.8 Å². The minimum atomic E-state index is -1.16. The number of benzene rings is 1. The fourth-order valence-corrected chi connectivity index (χ4v) is 1.70. The smallest absolute Gasteiger partial charge is 0.335 e. The predicted molar refractivity (Wildman–Crippen MR) is 57.3 cm³/mol. The van der Waals surface area contributed by atoms with Crippen LogP contribution in [0.1, 0.15) is 15.9 Å². The minimum absolute atomic E-state index is 0.0634. The Hall–Kier alpha value is -1.56. The van der Waals surface area contributed by atoms with Gasteiger partial charge in [0.25, 0.3) is 5.69 Å². The quantitative estimate of drug-likeness (QED) is 0.629. The number of aromatic carboxylic acids is 1. The SMILES string of the molecule is CSCc1ccc(C(=O)O)cc1[N+](=O)[O-]. The van der Waals surface area contributed by atoms with Crippen molar-refractivity contribution in [2.24, 2.45) is 0 Å². The summed E-state index contributed by atoms with van der Waals surface area (Å²) in [5, 5.41) is 19.4. The zero-order chi connectivity index (χ0) is 11.4. The molecule has 0 atom stereocenters. The van der Waals surface area contributed by atoms with E-state index in [9.17, 15) is 14.9 Å². The van der Waals surface area contributed by atoms with Crippen molar-refractivity contribution in [3.05, 3.63) is 39.4 Å². The molecular weight excluding hydrogens is 218 g/mol. The number of thioether (sulfide) groups is 1. The Morgan fingerprint density at radius 3 is 2.73 bits per heavy atom. The van der Waals surface area contributed by atoms with Crippen LogP contribution in [0.15, 0.2) is 18.2 Å². The van der Waals surface area contributed by atoms with E-state index in [-0.39, 0.29) is 11.3 Å². The number of carboxylic acids is 1. The Bertz CT molecular complexity index is 405. The number of hydrogen-bond donors (Lipinski definition) is 1. The summed E-state index contributed by atoms with van der Waals surface area (Å²) in [4.78, 5) is 20.7. The lowest BCUT2D eigenvalue weighted by Crippen LogP contribution is -2.00. The molecular formula is C9H9NO4S. The fourth-order valence-electron chi connectivity index (χ4n) is 1.14. The first-order chi connectivity index (χ1) is 7.06. The van der Waals surface area contributed by atoms with Crippen LogP contribution in [0, 0.1) is 10.1 Å². The summed E-state index contributed by atoms with van der Waals surface area (Å²) in [6.07, 6.45) is 1.83. The molecule has 0 heterocycles. The molecule has 0 saturated carbocycles. The van der Waals surface area contributed by atoms with E-state index in [4.69, 9.17) is 5.11 Å². The van der Waals surface area contributed by atoms with E-state index in [1.165, 1.54) is 23.9 Å². The van der Waals surface area contributed by atoms with Gasteiger partial charge in [0.2, 0.25) is 0 Å². The third-order valence-corrected chi connectivity index (χ3v) is 2.43. The maximum atomic E-state index is 10.7. The van der Waals surface area contributed by atoms with Gasteiger partial charge in [0.05, 0.1) is 10.5 Å². The molecule has 15 heavy (non-hydrogen) atoms. The van der Waals surface area contributed by atoms with Crippen LogP contribution in [-0.4, -0.2) is 22.3 Å². The van der Waals surface area contributed by atoms with Crippen molar-refractivity contribution in [2.75, 3.05) is 6.26 Å². The molecule has 6 heteroatoms. The van der Waals surface area contributed by atoms with Gasteiger partial charge < -0.3 is 5.11 Å². The maximum absolute atomic E-state index is 10.7. The second kappa shape index (κ2) is 4.79. The zero-order valence-electron chi connectivity index (χ0n) is 7.97. The minimum Gasteiger partial charge on any atom is -0.478 e. The number of carboxylic acid groups (broad SMARTS) is 1. The molecule has 1 aromatic carbocycles. The van der Waals surface area contributed by atoms with Crippen LogP contribution < -0.4 is 0 Å². The van der Waals surface area contributed by atoms with Crippen molar-refractivity contribution in [3.63, 3.8) is 0 Å². The van der Waals surface area contributed by atoms with Gasteiger partial charge >= 0.3 is 5.97 Å². The average molecular weight is 227 g/mol. The molecule has 0 aliphatic carbocycles. The Balaban J connectivity index is 3.20. The molecule has 0 aromatic heterocycles. The highest BCUT2D eigenvalue weighted by Gasteiger charge is 2.16. The van der Waals surface area contributed by atoms with Gasteiger partial charge in [-0.1, -0.05) is 6.07 Å². The van der Waals surface area contributed by atoms with E-state index in [1.807, 2.05) is 6.26 Å². The van der Waals surface area contributed by atoms with E-state index in [1.54, 1.807) is 0 Å². The van der Waals surface area contributed by atoms with Crippen LogP contribution in [-0.2, 0) is 5.75 Å². The summed E-state index contributed by atoms with van der Waals surface area (Å²) in [6.45, 7) is 0. The summed E-state index contributed by atoms with van der Waals surface area (Å²) >= 11 is 1.45. The molecule has 1 aromatic rings. The first kappa shape index (κ1) is 11.5. The summed E-state index contributed by atoms with van der Waals surface area (Å²) in [6, 6.07) is 3.95. The lowest BCUT2D eigenvalue weighted by Gasteiger charge is -2.01. The molecule has 0 amide bonds. The fraction of sp³-hybridized carbons (Fsp3) is 0.222. The van der Waals surface area contributed by atoms with Crippen molar-refractivity contribution >= 4 is 23.4 Å². The highest BCUT2D eigenvalue weighted by molar-refractivity contribution is 7.97. The van der Waals surface area contributed by atoms with Gasteiger partial charge in [0.1, 0.15) is 0 Å². The molecule has 1 rings (SSSR count). The molecule has 0 fully saturated rings. The summed E-state index contributed by atoms with van der Waals surface area (Å²) in [7, 11) is 0. The van der Waals surface area contributed by atoms with Gasteiger partial charge in [-0.05, 0) is 12.3 Å². The monoisotopic (exact) mass is 227 g/mol. The van der Waals surface area contributed by atoms with Crippen LogP contribution >= 0.6 is 11.8 Å². The lowest BCUT2D eigenvalue weighted by molar-refractivity contribution is -0.385. The van der Waals surface area contributed by atoms with Crippen LogP contribution in [0.4, 0.5) is 5.69 Å². The van der Waals surface area contributed by atoms with E-state index < -0.39 is 10.9 Å². The Labute approximate surface area is 90.3 Å². The first-order valence-electron chi connectivity index (χ1n) is 4.05. The van der Waals surface area contributed by atoms with Crippen molar-refractivity contribution in [1.29, 1.82) is 0 Å². The normalized spacial score (nSPS) is 9.93. The van der Waals surface area contributed by atoms with Crippen LogP contribution in [0.5, 0.6) is 0 Å². The van der Waals surface area contributed by atoms with Crippen LogP contribution in [0.25, 0.3) is 0 Å². The Morgan fingerprint density at radius 1 is 1.60 bits per heavy atom. The molecule has 0 spiro atoms. The van der Waals surface area contributed by atoms with Crippen molar-refractivity contribution in [3.8, 4) is 0 Å². The zero-order valence-corrected chi connectivity index (χ0v) is 8.78. The van der Waals surface area contributed by atoms with Crippen LogP contribution in [0.2, 0.25) is 0 Å². The van der Waals surface area contributed by atoms with Gasteiger partial charge in [0, 0.05) is 17.4 Å². The lowest BCUT2D eigenvalue weighted by atomic mass is 10.1. The highest BCUT2D eigenvalue weighted by atomic mass is 32.2. The number of nitro groups is 1. The predicted octanol–water partition coefficient (Wildman–Crippen LogP) is 2.16. The summed E-state index contributed by atoms with van der Waals surface area (Å²) < 4.78 is 0. The molecule has 0 radical (unpaired) electrons. The van der Waals surface area contributed by atoms with Crippen LogP contribution in [0.3, 0.4) is 0 Å². The number of hydrogen-bond acceptors (Lipinski definition) is 4. The third-order valence-electron chi connectivity index (χ3n) is 1.83. The second-order valence-electron chi connectivity index (χ2n) is 2.84. The van der Waals surface area contributed by atoms with Gasteiger partial charge in [-0.25, -0.2) is 4.79 Å². The highest BCUT2D eigenvalue weighted by Crippen LogP contribution is 2.23. The van der Waals surface area contributed by atoms with Crippen molar-refractivity contribution in [2.45, 2.75) is 5.75 Å². The summed E-state index contributed by atoms with van der Waals surface area (Å²) in [5.74, 6) is -0.662. The molecule has 0 aliphatic rings. The van der Waals surface area contributed by atoms with E-state index in [0.29, 0.717) is 11.3 Å². The molecule has 80 valence electrons. The summed E-state index contributed by atoms with van der Waals surface area (Å²) in [5.41, 5.74) is 0.341. The molecule has 0 unspecified atom stereocenters. The van der Waals surface area contributed by atoms with Gasteiger partial charge in [-0.3, -0.25) is 10.1 Å². The van der Waals surface area contributed by atoms with E-state index in [2.05, 4.69) is 0 Å². The van der Waals surface area contributed by atoms with Crippen molar-refractivity contribution in [1.82, 2.24) is 0 Å². The Kier molecular flexibility index (Phi) is 3.68. The molecule has 1 N–H and O–H groups in total. The standard InChI is InChI=1S/C9H9NO4S/c1-15-5-7-3-2-6(9(11)12)4-8(7)10(13)14/h2-4H,5H2,1H3,(H,11,12). The number of nitrogens with zero attached hydrogens (tertiary/aromatic N) is 1. The first-order valence-corrected chi connectivity index (χ1v) is 5.45. The number of carbonyl (C=O) groups is 1. The average Bonchev–Trinajstić information content (AvgIpc) is 2.18. The maximum Gasteiger partial charge on any atom is 0.335 e. The third kappa shape index (κ3) is 2.69. The molecule has 0 aliphatic heterocycles. The van der Waals surface area contributed by atoms with E-state index in [0.717, 1.165) is 6.07 Å². The van der Waals surface area contributed by atoms with Gasteiger partial charge in [0.15, 0.2) is 0 Å². The molecule has 5 nitrogen and oxygen atoms in total. The Morgan fingerprint density at radius 2 is 2.27 bits per heavy atom.